The molecule has 1 atom stereocenters. The minimum atomic E-state index is 0.00251. The number of aliphatic hydroxyl groups is 1. The largest absolute Gasteiger partial charge is 0.496 e. The van der Waals surface area contributed by atoms with Crippen molar-refractivity contribution >= 4 is 5.91 Å². The van der Waals surface area contributed by atoms with E-state index in [4.69, 9.17) is 4.74 Å². The standard InChI is InChI=1S/C15H21NO3/c1-3-11-7-15(18)16(8-11)9-13-6-12(10-17)4-5-14(13)19-2/h4-6,11,17H,3,7-10H2,1-2H3. The minimum Gasteiger partial charge on any atom is -0.496 e. The van der Waals surface area contributed by atoms with Gasteiger partial charge in [-0.15, -0.1) is 0 Å². The zero-order valence-electron chi connectivity index (χ0n) is 11.6. The number of carbonyl (C=O) groups is 1. The number of rotatable bonds is 5. The summed E-state index contributed by atoms with van der Waals surface area (Å²) in [7, 11) is 1.62. The predicted molar refractivity (Wildman–Crippen MR) is 72.7 cm³/mol. The molecule has 1 unspecified atom stereocenters. The summed E-state index contributed by atoms with van der Waals surface area (Å²) in [5, 5.41) is 9.20. The lowest BCUT2D eigenvalue weighted by Gasteiger charge is -2.19. The second-order valence-electron chi connectivity index (χ2n) is 5.06. The van der Waals surface area contributed by atoms with Crippen LogP contribution in [0.1, 0.15) is 30.9 Å². The summed E-state index contributed by atoms with van der Waals surface area (Å²) in [6, 6.07) is 5.59. The van der Waals surface area contributed by atoms with Crippen LogP contribution in [0.25, 0.3) is 0 Å². The number of hydrogen-bond acceptors (Lipinski definition) is 3. The van der Waals surface area contributed by atoms with E-state index in [1.165, 1.54) is 0 Å². The molecule has 0 aromatic heterocycles. The van der Waals surface area contributed by atoms with Crippen molar-refractivity contribution in [2.75, 3.05) is 13.7 Å². The summed E-state index contributed by atoms with van der Waals surface area (Å²) in [5.74, 6) is 1.45. The third-order valence-electron chi connectivity index (χ3n) is 3.76. The topological polar surface area (TPSA) is 49.8 Å². The number of aliphatic hydroxyl groups excluding tert-OH is 1. The number of carbonyl (C=O) groups excluding carboxylic acids is 1. The van der Waals surface area contributed by atoms with Gasteiger partial charge in [-0.3, -0.25) is 4.79 Å². The van der Waals surface area contributed by atoms with Crippen molar-refractivity contribution in [3.05, 3.63) is 29.3 Å². The molecule has 1 aromatic rings. The number of ether oxygens (including phenoxy) is 1. The third kappa shape index (κ3) is 3.07. The molecule has 1 aliphatic heterocycles. The Balaban J connectivity index is 2.16. The number of hydrogen-bond donors (Lipinski definition) is 1. The predicted octanol–water partition coefficient (Wildman–Crippen LogP) is 1.95. The van der Waals surface area contributed by atoms with Gasteiger partial charge in [-0.05, 0) is 23.6 Å². The van der Waals surface area contributed by atoms with Gasteiger partial charge in [0.05, 0.1) is 13.7 Å². The van der Waals surface area contributed by atoms with E-state index in [2.05, 4.69) is 6.92 Å². The molecule has 1 fully saturated rings. The van der Waals surface area contributed by atoms with E-state index in [9.17, 15) is 9.90 Å². The molecule has 0 bridgehead atoms. The number of likely N-dealkylation sites (tertiary alicyclic amines) is 1. The van der Waals surface area contributed by atoms with Crippen LogP contribution in [0.4, 0.5) is 0 Å². The summed E-state index contributed by atoms with van der Waals surface area (Å²) in [4.78, 5) is 13.8. The highest BCUT2D eigenvalue weighted by atomic mass is 16.5. The second kappa shape index (κ2) is 6.06. The number of amides is 1. The summed E-state index contributed by atoms with van der Waals surface area (Å²) < 4.78 is 5.32. The molecule has 104 valence electrons. The van der Waals surface area contributed by atoms with Gasteiger partial charge in [0.15, 0.2) is 0 Å². The van der Waals surface area contributed by atoms with Crippen molar-refractivity contribution < 1.29 is 14.6 Å². The van der Waals surface area contributed by atoms with E-state index < -0.39 is 0 Å². The third-order valence-corrected chi connectivity index (χ3v) is 3.76. The summed E-state index contributed by atoms with van der Waals surface area (Å²) in [5.41, 5.74) is 1.80. The Morgan fingerprint density at radius 1 is 1.47 bits per heavy atom. The van der Waals surface area contributed by atoms with Crippen LogP contribution >= 0.6 is 0 Å². The van der Waals surface area contributed by atoms with Gasteiger partial charge in [-0.2, -0.15) is 0 Å². The van der Waals surface area contributed by atoms with Crippen LogP contribution in [0.3, 0.4) is 0 Å². The first kappa shape index (κ1) is 13.9. The molecule has 2 rings (SSSR count). The Morgan fingerprint density at radius 3 is 2.84 bits per heavy atom. The smallest absolute Gasteiger partial charge is 0.223 e. The van der Waals surface area contributed by atoms with Gasteiger partial charge in [0.1, 0.15) is 5.75 Å². The molecule has 0 saturated carbocycles. The number of methoxy groups -OCH3 is 1. The molecule has 4 nitrogen and oxygen atoms in total. The molecular weight excluding hydrogens is 242 g/mol. The monoisotopic (exact) mass is 263 g/mol. The lowest BCUT2D eigenvalue weighted by molar-refractivity contribution is -0.128. The number of nitrogens with zero attached hydrogens (tertiary/aromatic N) is 1. The van der Waals surface area contributed by atoms with E-state index in [1.54, 1.807) is 7.11 Å². The molecule has 1 aromatic carbocycles. The van der Waals surface area contributed by atoms with Crippen molar-refractivity contribution in [2.45, 2.75) is 32.9 Å². The van der Waals surface area contributed by atoms with Crippen molar-refractivity contribution in [3.63, 3.8) is 0 Å². The van der Waals surface area contributed by atoms with Crippen molar-refractivity contribution in [1.29, 1.82) is 0 Å². The fraction of sp³-hybridized carbons (Fsp3) is 0.533. The zero-order valence-corrected chi connectivity index (χ0v) is 11.6. The normalized spacial score (nSPS) is 19.0. The molecule has 1 N–H and O–H groups in total. The van der Waals surface area contributed by atoms with E-state index in [0.29, 0.717) is 18.9 Å². The Hall–Kier alpha value is -1.55. The molecular formula is C15H21NO3. The molecule has 1 saturated heterocycles. The maximum absolute atomic E-state index is 11.9. The van der Waals surface area contributed by atoms with Crippen LogP contribution in [0, 0.1) is 5.92 Å². The van der Waals surface area contributed by atoms with E-state index in [0.717, 1.165) is 29.8 Å². The number of benzene rings is 1. The van der Waals surface area contributed by atoms with E-state index in [-0.39, 0.29) is 12.5 Å². The molecule has 4 heteroatoms. The van der Waals surface area contributed by atoms with Crippen LogP contribution in [-0.2, 0) is 17.9 Å². The van der Waals surface area contributed by atoms with Crippen molar-refractivity contribution in [2.24, 2.45) is 5.92 Å². The summed E-state index contributed by atoms with van der Waals surface area (Å²) >= 11 is 0. The fourth-order valence-electron chi connectivity index (χ4n) is 2.54. The average Bonchev–Trinajstić information content (AvgIpc) is 2.79. The molecule has 1 amide bonds. The minimum absolute atomic E-state index is 0.00251. The maximum Gasteiger partial charge on any atom is 0.223 e. The Bertz CT molecular complexity index is 459. The SMILES string of the molecule is CCC1CC(=O)N(Cc2cc(CO)ccc2OC)C1. The van der Waals surface area contributed by atoms with Crippen LogP contribution in [0.15, 0.2) is 18.2 Å². The second-order valence-corrected chi connectivity index (χ2v) is 5.06. The van der Waals surface area contributed by atoms with Crippen molar-refractivity contribution in [1.82, 2.24) is 4.90 Å². The maximum atomic E-state index is 11.9. The highest BCUT2D eigenvalue weighted by molar-refractivity contribution is 5.78. The first-order valence-electron chi connectivity index (χ1n) is 6.72. The van der Waals surface area contributed by atoms with E-state index >= 15 is 0 Å². The van der Waals surface area contributed by atoms with Gasteiger partial charge in [-0.25, -0.2) is 0 Å². The molecule has 0 spiro atoms. The van der Waals surface area contributed by atoms with Gasteiger partial charge < -0.3 is 14.7 Å². The summed E-state index contributed by atoms with van der Waals surface area (Å²) in [6.07, 6.45) is 1.69. The zero-order chi connectivity index (χ0) is 13.8. The first-order chi connectivity index (χ1) is 9.17. The van der Waals surface area contributed by atoms with Gasteiger partial charge in [0, 0.05) is 25.1 Å². The highest BCUT2D eigenvalue weighted by Crippen LogP contribution is 2.26. The molecule has 0 aliphatic carbocycles. The molecule has 1 aliphatic rings. The average molecular weight is 263 g/mol. The van der Waals surface area contributed by atoms with Gasteiger partial charge >= 0.3 is 0 Å². The lowest BCUT2D eigenvalue weighted by atomic mass is 10.1. The van der Waals surface area contributed by atoms with Gasteiger partial charge in [0.25, 0.3) is 0 Å². The molecule has 0 radical (unpaired) electrons. The Kier molecular flexibility index (Phi) is 4.43. The van der Waals surface area contributed by atoms with E-state index in [1.807, 2.05) is 23.1 Å². The first-order valence-corrected chi connectivity index (χ1v) is 6.72. The van der Waals surface area contributed by atoms with Gasteiger partial charge in [-0.1, -0.05) is 19.4 Å². The summed E-state index contributed by atoms with van der Waals surface area (Å²) in [6.45, 7) is 3.51. The molecule has 1 heterocycles. The van der Waals surface area contributed by atoms with Crippen LogP contribution in [0.5, 0.6) is 5.75 Å². The van der Waals surface area contributed by atoms with Crippen molar-refractivity contribution in [3.8, 4) is 5.75 Å². The lowest BCUT2D eigenvalue weighted by Crippen LogP contribution is -2.24. The van der Waals surface area contributed by atoms with Gasteiger partial charge in [0.2, 0.25) is 5.91 Å². The highest BCUT2D eigenvalue weighted by Gasteiger charge is 2.28. The van der Waals surface area contributed by atoms with Crippen LogP contribution in [-0.4, -0.2) is 29.6 Å². The fourth-order valence-corrected chi connectivity index (χ4v) is 2.54. The quantitative estimate of drug-likeness (QED) is 0.883. The Labute approximate surface area is 114 Å². The Morgan fingerprint density at radius 2 is 2.26 bits per heavy atom. The van der Waals surface area contributed by atoms with Crippen LogP contribution in [0.2, 0.25) is 0 Å². The molecule has 19 heavy (non-hydrogen) atoms. The van der Waals surface area contributed by atoms with Crippen LogP contribution < -0.4 is 4.74 Å².